The van der Waals surface area contributed by atoms with Crippen LogP contribution in [-0.2, 0) is 10.2 Å². The number of piperidine rings is 1. The topological polar surface area (TPSA) is 70.0 Å². The van der Waals surface area contributed by atoms with E-state index in [0.29, 0.717) is 19.4 Å². The van der Waals surface area contributed by atoms with Gasteiger partial charge in [-0.15, -0.1) is 0 Å². The van der Waals surface area contributed by atoms with Crippen molar-refractivity contribution in [3.63, 3.8) is 0 Å². The number of benzene rings is 2. The smallest absolute Gasteiger partial charge is 0.223 e. The molecule has 5 nitrogen and oxygen atoms in total. The molecule has 0 aliphatic carbocycles. The fraction of sp³-hybridized carbons (Fsp3) is 0.435. The lowest BCUT2D eigenvalue weighted by Crippen LogP contribution is -2.48. The molecule has 1 fully saturated rings. The van der Waals surface area contributed by atoms with E-state index in [-0.39, 0.29) is 18.6 Å². The van der Waals surface area contributed by atoms with Crippen molar-refractivity contribution < 1.29 is 19.7 Å². The second-order valence-corrected chi connectivity index (χ2v) is 7.65. The van der Waals surface area contributed by atoms with Crippen molar-refractivity contribution in [3.05, 3.63) is 65.7 Å². The maximum Gasteiger partial charge on any atom is 0.223 e. The number of aliphatic hydroxyl groups excluding tert-OH is 2. The van der Waals surface area contributed by atoms with Gasteiger partial charge in [0.2, 0.25) is 5.91 Å². The maximum atomic E-state index is 13.1. The number of hydrogen-bond acceptors (Lipinski definition) is 4. The summed E-state index contributed by atoms with van der Waals surface area (Å²) < 4.78 is 5.21. The van der Waals surface area contributed by atoms with E-state index in [1.54, 1.807) is 7.11 Å². The van der Waals surface area contributed by atoms with Gasteiger partial charge in [0.1, 0.15) is 5.75 Å². The average Bonchev–Trinajstić information content (AvgIpc) is 2.74. The molecule has 150 valence electrons. The Balaban J connectivity index is 1.81. The van der Waals surface area contributed by atoms with Crippen molar-refractivity contribution in [1.82, 2.24) is 4.90 Å². The monoisotopic (exact) mass is 383 g/mol. The minimum Gasteiger partial charge on any atom is -0.497 e. The largest absolute Gasteiger partial charge is 0.497 e. The van der Waals surface area contributed by atoms with Gasteiger partial charge in [0.05, 0.1) is 25.9 Å². The molecule has 0 unspecified atom stereocenters. The van der Waals surface area contributed by atoms with Gasteiger partial charge in [0.25, 0.3) is 0 Å². The molecule has 2 N–H and O–H groups in total. The summed E-state index contributed by atoms with van der Waals surface area (Å²) >= 11 is 0. The van der Waals surface area contributed by atoms with Crippen LogP contribution >= 0.6 is 0 Å². The molecule has 1 heterocycles. The number of carbonyl (C=O) groups is 1. The van der Waals surface area contributed by atoms with E-state index in [1.165, 1.54) is 0 Å². The first-order chi connectivity index (χ1) is 13.5. The minimum absolute atomic E-state index is 0.0325. The molecule has 2 aromatic carbocycles. The van der Waals surface area contributed by atoms with Crippen molar-refractivity contribution in [2.75, 3.05) is 20.3 Å². The van der Waals surface area contributed by atoms with Gasteiger partial charge in [-0.25, -0.2) is 0 Å². The zero-order chi connectivity index (χ0) is 20.1. The number of rotatable bonds is 7. The van der Waals surface area contributed by atoms with Gasteiger partial charge in [-0.05, 0) is 43.0 Å². The van der Waals surface area contributed by atoms with E-state index in [1.807, 2.05) is 66.4 Å². The molecule has 2 aromatic rings. The van der Waals surface area contributed by atoms with E-state index in [9.17, 15) is 15.0 Å². The molecule has 1 aliphatic heterocycles. The average molecular weight is 383 g/mol. The Bertz CT molecular complexity index is 777. The summed E-state index contributed by atoms with van der Waals surface area (Å²) in [5, 5.41) is 19.5. The zero-order valence-electron chi connectivity index (χ0n) is 16.5. The molecule has 1 aliphatic rings. The van der Waals surface area contributed by atoms with Gasteiger partial charge in [-0.1, -0.05) is 42.5 Å². The summed E-state index contributed by atoms with van der Waals surface area (Å²) in [5.41, 5.74) is 1.67. The predicted octanol–water partition coefficient (Wildman–Crippen LogP) is 3.06. The highest BCUT2D eigenvalue weighted by Gasteiger charge is 2.42. The summed E-state index contributed by atoms with van der Waals surface area (Å²) in [6.07, 6.45) is 0.623. The highest BCUT2D eigenvalue weighted by atomic mass is 16.5. The van der Waals surface area contributed by atoms with Crippen LogP contribution in [0.5, 0.6) is 5.75 Å². The molecule has 0 radical (unpaired) electrons. The molecular weight excluding hydrogens is 354 g/mol. The van der Waals surface area contributed by atoms with Crippen LogP contribution in [0, 0.1) is 0 Å². The van der Waals surface area contributed by atoms with Gasteiger partial charge in [-0.2, -0.15) is 0 Å². The highest BCUT2D eigenvalue weighted by molar-refractivity contribution is 5.79. The lowest BCUT2D eigenvalue weighted by molar-refractivity contribution is -0.139. The van der Waals surface area contributed by atoms with Crippen LogP contribution in [0.25, 0.3) is 0 Å². The molecule has 1 saturated heterocycles. The van der Waals surface area contributed by atoms with Gasteiger partial charge in [-0.3, -0.25) is 4.79 Å². The molecule has 0 bridgehead atoms. The number of aliphatic hydroxyl groups is 2. The minimum atomic E-state index is -0.835. The van der Waals surface area contributed by atoms with Crippen molar-refractivity contribution in [2.45, 2.75) is 43.7 Å². The molecule has 0 spiro atoms. The second kappa shape index (κ2) is 8.76. The summed E-state index contributed by atoms with van der Waals surface area (Å²) in [7, 11) is 1.64. The standard InChI is InChI=1S/C23H29NO4/c1-17(18-8-10-21(28-2)11-9-18)24-13-12-23(15-22(24)27,14-20(26)16-25)19-6-4-3-5-7-19/h3-11,17,20,25-26H,12-16H2,1-2H3/t17-,20+,23+/m0/s1. The quantitative estimate of drug-likeness (QED) is 0.771. The van der Waals surface area contributed by atoms with Gasteiger partial charge in [0.15, 0.2) is 0 Å². The number of carbonyl (C=O) groups excluding carboxylic acids is 1. The first-order valence-electron chi connectivity index (χ1n) is 9.77. The Morgan fingerprint density at radius 3 is 2.39 bits per heavy atom. The first-order valence-corrected chi connectivity index (χ1v) is 9.77. The van der Waals surface area contributed by atoms with Crippen LogP contribution in [0.4, 0.5) is 0 Å². The Hall–Kier alpha value is -2.37. The Kier molecular flexibility index (Phi) is 6.37. The maximum absolute atomic E-state index is 13.1. The zero-order valence-corrected chi connectivity index (χ0v) is 16.5. The van der Waals surface area contributed by atoms with Crippen LogP contribution < -0.4 is 4.74 Å². The molecular formula is C23H29NO4. The van der Waals surface area contributed by atoms with Crippen LogP contribution in [0.1, 0.15) is 43.4 Å². The Labute approximate surface area is 166 Å². The van der Waals surface area contributed by atoms with Gasteiger partial charge < -0.3 is 19.8 Å². The van der Waals surface area contributed by atoms with Crippen LogP contribution in [-0.4, -0.2) is 47.4 Å². The lowest BCUT2D eigenvalue weighted by atomic mass is 9.68. The summed E-state index contributed by atoms with van der Waals surface area (Å²) in [5.74, 6) is 0.866. The highest BCUT2D eigenvalue weighted by Crippen LogP contribution is 2.42. The fourth-order valence-corrected chi connectivity index (χ4v) is 4.26. The lowest BCUT2D eigenvalue weighted by Gasteiger charge is -2.44. The van der Waals surface area contributed by atoms with E-state index < -0.39 is 11.5 Å². The van der Waals surface area contributed by atoms with E-state index >= 15 is 0 Å². The Morgan fingerprint density at radius 2 is 1.82 bits per heavy atom. The molecule has 0 saturated carbocycles. The van der Waals surface area contributed by atoms with Crippen LogP contribution in [0.15, 0.2) is 54.6 Å². The van der Waals surface area contributed by atoms with E-state index in [2.05, 4.69) is 0 Å². The molecule has 1 amide bonds. The third kappa shape index (κ3) is 4.21. The Morgan fingerprint density at radius 1 is 1.14 bits per heavy atom. The number of likely N-dealkylation sites (tertiary alicyclic amines) is 1. The van der Waals surface area contributed by atoms with Gasteiger partial charge >= 0.3 is 0 Å². The van der Waals surface area contributed by atoms with Crippen molar-refractivity contribution in [3.8, 4) is 5.75 Å². The first kappa shape index (κ1) is 20.4. The van der Waals surface area contributed by atoms with Crippen LogP contribution in [0.3, 0.4) is 0 Å². The molecule has 0 aromatic heterocycles. The third-order valence-corrected chi connectivity index (χ3v) is 5.93. The number of amides is 1. The van der Waals surface area contributed by atoms with E-state index in [4.69, 9.17) is 4.74 Å². The number of hydrogen-bond donors (Lipinski definition) is 2. The van der Waals surface area contributed by atoms with Crippen LogP contribution in [0.2, 0.25) is 0 Å². The van der Waals surface area contributed by atoms with Gasteiger partial charge in [0, 0.05) is 18.4 Å². The number of ether oxygens (including phenoxy) is 1. The summed E-state index contributed by atoms with van der Waals surface area (Å²) in [6.45, 7) is 2.35. The summed E-state index contributed by atoms with van der Waals surface area (Å²) in [6, 6.07) is 17.7. The van der Waals surface area contributed by atoms with E-state index in [0.717, 1.165) is 23.3 Å². The molecule has 28 heavy (non-hydrogen) atoms. The van der Waals surface area contributed by atoms with Crippen molar-refractivity contribution in [1.29, 1.82) is 0 Å². The predicted molar refractivity (Wildman–Crippen MR) is 108 cm³/mol. The third-order valence-electron chi connectivity index (χ3n) is 5.93. The number of nitrogens with zero attached hydrogens (tertiary/aromatic N) is 1. The number of methoxy groups -OCH3 is 1. The van der Waals surface area contributed by atoms with Crippen molar-refractivity contribution in [2.24, 2.45) is 0 Å². The molecule has 5 heteroatoms. The normalized spacial score (nSPS) is 22.0. The van der Waals surface area contributed by atoms with Crippen molar-refractivity contribution >= 4 is 5.91 Å². The SMILES string of the molecule is COc1ccc([C@H](C)N2CC[C@](C[C@@H](O)CO)(c3ccccc3)CC2=O)cc1. The molecule has 3 rings (SSSR count). The second-order valence-electron chi connectivity index (χ2n) is 7.65. The summed E-state index contributed by atoms with van der Waals surface area (Å²) in [4.78, 5) is 15.1. The fourth-order valence-electron chi connectivity index (χ4n) is 4.26. The molecule has 3 atom stereocenters.